The summed E-state index contributed by atoms with van der Waals surface area (Å²) in [5.74, 6) is -1.48. The summed E-state index contributed by atoms with van der Waals surface area (Å²) in [6.45, 7) is 1.92. The number of likely N-dealkylation sites (N-methyl/N-ethyl adjacent to an activating group) is 1. The maximum Gasteiger partial charge on any atom is 0.319 e. The summed E-state index contributed by atoms with van der Waals surface area (Å²) >= 11 is 0. The van der Waals surface area contributed by atoms with Gasteiger partial charge in [-0.05, 0) is 62.3 Å². The quantitative estimate of drug-likeness (QED) is 0.214. The van der Waals surface area contributed by atoms with Crippen LogP contribution >= 0.6 is 0 Å². The monoisotopic (exact) mass is 670 g/mol. The summed E-state index contributed by atoms with van der Waals surface area (Å²) in [4.78, 5) is 32.4. The molecule has 1 amide bonds. The van der Waals surface area contributed by atoms with Crippen LogP contribution < -0.4 is 9.64 Å². The molecule has 0 unspecified atom stereocenters. The van der Waals surface area contributed by atoms with Crippen molar-refractivity contribution >= 4 is 28.7 Å². The summed E-state index contributed by atoms with van der Waals surface area (Å²) in [7, 11) is 1.81. The second-order valence-electron chi connectivity index (χ2n) is 13.7. The Morgan fingerprint density at radius 1 is 1.12 bits per heavy atom. The second-order valence-corrected chi connectivity index (χ2v) is 13.7. The van der Waals surface area contributed by atoms with E-state index in [0.717, 1.165) is 49.4 Å². The lowest BCUT2D eigenvalue weighted by molar-refractivity contribution is -0.127. The largest absolute Gasteiger partial charge is 0.461 e. The topological polar surface area (TPSA) is 100 Å². The lowest BCUT2D eigenvalue weighted by Gasteiger charge is -2.31. The van der Waals surface area contributed by atoms with Crippen molar-refractivity contribution in [3.05, 3.63) is 71.7 Å². The van der Waals surface area contributed by atoms with Crippen LogP contribution in [0.2, 0.25) is 0 Å². The Hall–Kier alpha value is -4.65. The van der Waals surface area contributed by atoms with Crippen LogP contribution in [-0.4, -0.2) is 98.4 Å². The number of fused-ring (bicyclic) bond motifs is 2. The van der Waals surface area contributed by atoms with Gasteiger partial charge in [-0.25, -0.2) is 13.2 Å². The van der Waals surface area contributed by atoms with Crippen LogP contribution in [0.3, 0.4) is 0 Å². The number of alkyl halides is 1. The molecule has 4 aromatic rings. The number of carbonyl (C=O) groups is 1. The third kappa shape index (κ3) is 5.98. The lowest BCUT2D eigenvalue weighted by atomic mass is 9.95. The number of anilines is 1. The van der Waals surface area contributed by atoms with Crippen LogP contribution in [0.4, 0.5) is 19.0 Å². The maximum atomic E-state index is 16.7. The molecule has 49 heavy (non-hydrogen) atoms. The van der Waals surface area contributed by atoms with Crippen LogP contribution in [0.25, 0.3) is 28.2 Å². The molecule has 6 heterocycles. The minimum Gasteiger partial charge on any atom is -0.461 e. The van der Waals surface area contributed by atoms with E-state index in [1.54, 1.807) is 18.3 Å². The van der Waals surface area contributed by atoms with E-state index in [2.05, 4.69) is 25.1 Å². The normalized spacial score (nSPS) is 24.1. The van der Waals surface area contributed by atoms with Gasteiger partial charge in [-0.3, -0.25) is 14.7 Å². The van der Waals surface area contributed by atoms with Crippen LogP contribution in [0.15, 0.2) is 54.6 Å². The molecule has 4 fully saturated rings. The van der Waals surface area contributed by atoms with E-state index in [-0.39, 0.29) is 42.1 Å². The summed E-state index contributed by atoms with van der Waals surface area (Å²) in [6.07, 6.45) is 7.99. The van der Waals surface area contributed by atoms with Crippen molar-refractivity contribution in [2.24, 2.45) is 0 Å². The van der Waals surface area contributed by atoms with Gasteiger partial charge in [0.25, 0.3) is 5.91 Å². The van der Waals surface area contributed by atoms with Gasteiger partial charge in [0.05, 0.1) is 16.6 Å². The molecule has 3 atom stereocenters. The predicted octanol–water partition coefficient (Wildman–Crippen LogP) is 5.50. The Bertz CT molecular complexity index is 1930. The van der Waals surface area contributed by atoms with Crippen molar-refractivity contribution in [1.29, 1.82) is 0 Å². The van der Waals surface area contributed by atoms with Gasteiger partial charge in [-0.15, -0.1) is 0 Å². The Morgan fingerprint density at radius 2 is 1.98 bits per heavy atom. The summed E-state index contributed by atoms with van der Waals surface area (Å²) in [6, 6.07) is 10.7. The van der Waals surface area contributed by atoms with Gasteiger partial charge in [0, 0.05) is 63.2 Å². The number of pyridine rings is 1. The van der Waals surface area contributed by atoms with Crippen molar-refractivity contribution in [1.82, 2.24) is 34.9 Å². The summed E-state index contributed by atoms with van der Waals surface area (Å²) in [5, 5.41) is 7.95. The van der Waals surface area contributed by atoms with Crippen LogP contribution in [0.5, 0.6) is 6.01 Å². The van der Waals surface area contributed by atoms with Crippen LogP contribution in [0.1, 0.15) is 55.7 Å². The smallest absolute Gasteiger partial charge is 0.319 e. The fourth-order valence-corrected chi connectivity index (χ4v) is 7.80. The molecular formula is C36H37F3N8O2. The van der Waals surface area contributed by atoms with Crippen molar-refractivity contribution in [3.8, 4) is 17.3 Å². The molecule has 0 N–H and O–H groups in total. The first-order chi connectivity index (χ1) is 23.8. The third-order valence-corrected chi connectivity index (χ3v) is 10.5. The fourth-order valence-electron chi connectivity index (χ4n) is 7.80. The Labute approximate surface area is 282 Å². The number of halogens is 3. The molecule has 0 radical (unpaired) electrons. The fraction of sp³-hybridized carbons (Fsp3) is 0.444. The zero-order chi connectivity index (χ0) is 33.7. The highest BCUT2D eigenvalue weighted by Gasteiger charge is 2.49. The van der Waals surface area contributed by atoms with Crippen molar-refractivity contribution in [3.63, 3.8) is 0 Å². The first-order valence-electron chi connectivity index (χ1n) is 16.9. The predicted molar refractivity (Wildman–Crippen MR) is 178 cm³/mol. The minimum atomic E-state index is -0.931. The molecule has 0 spiro atoms. The number of hydrogen-bond acceptors (Lipinski definition) is 9. The Balaban J connectivity index is 1.12. The number of hydrogen-bond donors (Lipinski definition) is 0. The second kappa shape index (κ2) is 12.7. The maximum absolute atomic E-state index is 16.7. The van der Waals surface area contributed by atoms with E-state index >= 15 is 4.39 Å². The van der Waals surface area contributed by atoms with Crippen LogP contribution in [0, 0.1) is 5.82 Å². The number of carbonyl (C=O) groups excluding carboxylic acids is 1. The highest BCUT2D eigenvalue weighted by Crippen LogP contribution is 2.45. The van der Waals surface area contributed by atoms with E-state index in [1.807, 2.05) is 36.2 Å². The molecule has 10 nitrogen and oxygen atoms in total. The number of rotatable bonds is 9. The highest BCUT2D eigenvalue weighted by molar-refractivity contribution is 5.96. The molecule has 1 aliphatic carbocycles. The summed E-state index contributed by atoms with van der Waals surface area (Å²) < 4.78 is 52.4. The minimum absolute atomic E-state index is 0.00621. The van der Waals surface area contributed by atoms with Crippen molar-refractivity contribution in [2.45, 2.75) is 62.2 Å². The zero-order valence-corrected chi connectivity index (χ0v) is 27.2. The van der Waals surface area contributed by atoms with Gasteiger partial charge >= 0.3 is 6.01 Å². The number of likely N-dealkylation sites (tertiary alicyclic amines) is 1. The number of aromatic nitrogens is 5. The van der Waals surface area contributed by atoms with Gasteiger partial charge in [-0.2, -0.15) is 20.2 Å². The van der Waals surface area contributed by atoms with E-state index in [1.165, 1.54) is 11.1 Å². The van der Waals surface area contributed by atoms with Gasteiger partial charge in [-0.1, -0.05) is 24.3 Å². The van der Waals surface area contributed by atoms with Gasteiger partial charge in [0.1, 0.15) is 29.8 Å². The molecule has 1 saturated carbocycles. The van der Waals surface area contributed by atoms with Gasteiger partial charge in [0.15, 0.2) is 11.6 Å². The molecular weight excluding hydrogens is 633 g/mol. The van der Waals surface area contributed by atoms with Crippen molar-refractivity contribution in [2.75, 3.05) is 44.7 Å². The van der Waals surface area contributed by atoms with Crippen LogP contribution in [-0.2, 0) is 4.79 Å². The van der Waals surface area contributed by atoms with Gasteiger partial charge in [0.2, 0.25) is 0 Å². The molecule has 3 saturated heterocycles. The summed E-state index contributed by atoms with van der Waals surface area (Å²) in [5.41, 5.74) is 1.89. The average molecular weight is 671 g/mol. The standard InChI is InChI=1S/C36H37F3N8O2/c1-45(25-11-15-46(20-25)34(48)29(38)16-24-6-4-13-41-44-24)33-28-18-40-31(27-8-3-2-7-26(27)22-9-10-22)30(39)32(28)42-35(43-33)49-21-36-12-5-14-47(36)19-23(37)17-36/h2-4,6-8,13,16,18,22-23,25H,5,9-12,14-15,17,19-21H2,1H3/b29-16-/t23-,25-,36+/m1/s1. The third-order valence-electron chi connectivity index (χ3n) is 10.5. The molecule has 3 aromatic heterocycles. The lowest BCUT2D eigenvalue weighted by Crippen LogP contribution is -2.43. The van der Waals surface area contributed by atoms with Gasteiger partial charge < -0.3 is 14.5 Å². The average Bonchev–Trinajstić information content (AvgIpc) is 3.58. The Kier molecular flexibility index (Phi) is 8.17. The van der Waals surface area contributed by atoms with E-state index in [0.29, 0.717) is 43.1 Å². The molecule has 4 aliphatic rings. The molecule has 1 aromatic carbocycles. The highest BCUT2D eigenvalue weighted by atomic mass is 19.1. The van der Waals surface area contributed by atoms with E-state index < -0.39 is 29.3 Å². The number of ether oxygens (including phenoxy) is 1. The molecule has 0 bridgehead atoms. The molecule has 3 aliphatic heterocycles. The van der Waals surface area contributed by atoms with E-state index in [4.69, 9.17) is 9.72 Å². The van der Waals surface area contributed by atoms with E-state index in [9.17, 15) is 13.6 Å². The number of nitrogens with zero attached hydrogens (tertiary/aromatic N) is 8. The number of benzene rings is 1. The molecule has 13 heteroatoms. The first-order valence-corrected chi connectivity index (χ1v) is 16.9. The molecule has 254 valence electrons. The van der Waals surface area contributed by atoms with Crippen molar-refractivity contribution < 1.29 is 22.7 Å². The Morgan fingerprint density at radius 3 is 2.80 bits per heavy atom. The first kappa shape index (κ1) is 31.6. The molecule has 8 rings (SSSR count). The number of amides is 1. The zero-order valence-electron chi connectivity index (χ0n) is 27.2. The SMILES string of the molecule is CN(c1nc(OC[C@@]23CCCN2C[C@H](F)C3)nc2c(F)c(-c3ccccc3C3CC3)ncc12)[C@@H]1CCN(C(=O)/C(F)=C/c2cccnn2)C1.